The standard InChI is InChI=1S/C25H32BN3O4.C2H6/c1-23(2,31)15-16-29-20-10-8-7-9-19(20)21(28-29)22(30)27-18-13-11-17(12-14-18)26-32-24(3,4)25(5,6)33-26;1-2/h7-14,31H,15-16H2,1-6H3,(H,27,30);1-2H3. The zero-order valence-electron chi connectivity index (χ0n) is 22.2. The van der Waals surface area contributed by atoms with Crippen molar-refractivity contribution in [2.45, 2.75) is 85.2 Å². The molecule has 4 rings (SSSR count). The van der Waals surface area contributed by atoms with Crippen molar-refractivity contribution >= 4 is 35.1 Å². The lowest BCUT2D eigenvalue weighted by atomic mass is 9.79. The van der Waals surface area contributed by atoms with Crippen molar-refractivity contribution in [1.82, 2.24) is 9.78 Å². The summed E-state index contributed by atoms with van der Waals surface area (Å²) in [5.74, 6) is -0.281. The van der Waals surface area contributed by atoms with Crippen LogP contribution in [0.2, 0.25) is 0 Å². The SMILES string of the molecule is CC.CC(C)(O)CCn1nc(C(=O)Nc2ccc(B3OC(C)(C)C(C)(C)O3)cc2)c2ccccc21. The average Bonchev–Trinajstić information content (AvgIpc) is 3.27. The molecule has 1 fully saturated rings. The van der Waals surface area contributed by atoms with Gasteiger partial charge in [0.25, 0.3) is 5.91 Å². The van der Waals surface area contributed by atoms with Gasteiger partial charge in [0, 0.05) is 17.6 Å². The minimum absolute atomic E-state index is 0.281. The maximum absolute atomic E-state index is 13.1. The van der Waals surface area contributed by atoms with E-state index in [1.807, 2.05) is 90.1 Å². The lowest BCUT2D eigenvalue weighted by molar-refractivity contribution is 0.00578. The van der Waals surface area contributed by atoms with Crippen LogP contribution in [0.15, 0.2) is 48.5 Å². The molecule has 2 N–H and O–H groups in total. The van der Waals surface area contributed by atoms with E-state index in [2.05, 4.69) is 10.4 Å². The van der Waals surface area contributed by atoms with Crippen molar-refractivity contribution in [3.05, 3.63) is 54.2 Å². The molecule has 0 spiro atoms. The Labute approximate surface area is 209 Å². The molecule has 188 valence electrons. The van der Waals surface area contributed by atoms with Gasteiger partial charge in [0.05, 0.1) is 22.3 Å². The van der Waals surface area contributed by atoms with E-state index in [1.165, 1.54) is 0 Å². The van der Waals surface area contributed by atoms with Gasteiger partial charge in [0.2, 0.25) is 0 Å². The molecule has 1 aliphatic rings. The number of aromatic nitrogens is 2. The summed E-state index contributed by atoms with van der Waals surface area (Å²) in [7, 11) is -0.449. The molecule has 2 aromatic carbocycles. The number of carbonyl (C=O) groups excluding carboxylic acids is 1. The van der Waals surface area contributed by atoms with E-state index >= 15 is 0 Å². The van der Waals surface area contributed by atoms with Gasteiger partial charge in [0.15, 0.2) is 5.69 Å². The number of aliphatic hydroxyl groups is 1. The number of hydrogen-bond donors (Lipinski definition) is 2. The van der Waals surface area contributed by atoms with Gasteiger partial charge in [-0.05, 0) is 71.6 Å². The molecule has 1 saturated heterocycles. The van der Waals surface area contributed by atoms with Gasteiger partial charge >= 0.3 is 7.12 Å². The summed E-state index contributed by atoms with van der Waals surface area (Å²) in [6.07, 6.45) is 0.528. The molecule has 35 heavy (non-hydrogen) atoms. The number of benzene rings is 2. The molecule has 1 amide bonds. The second-order valence-corrected chi connectivity index (χ2v) is 10.3. The smallest absolute Gasteiger partial charge is 0.399 e. The highest BCUT2D eigenvalue weighted by Crippen LogP contribution is 2.36. The van der Waals surface area contributed by atoms with Crippen molar-refractivity contribution in [3.8, 4) is 0 Å². The Bertz CT molecular complexity index is 1150. The topological polar surface area (TPSA) is 85.6 Å². The van der Waals surface area contributed by atoms with E-state index < -0.39 is 23.9 Å². The number of anilines is 1. The second-order valence-electron chi connectivity index (χ2n) is 10.3. The van der Waals surface area contributed by atoms with E-state index in [-0.39, 0.29) is 5.91 Å². The van der Waals surface area contributed by atoms with Crippen LogP contribution in [0.5, 0.6) is 0 Å². The molecule has 2 heterocycles. The van der Waals surface area contributed by atoms with E-state index in [0.717, 1.165) is 16.4 Å². The zero-order chi connectivity index (χ0) is 26.0. The van der Waals surface area contributed by atoms with Crippen LogP contribution in [0.3, 0.4) is 0 Å². The molecule has 0 aliphatic carbocycles. The summed E-state index contributed by atoms with van der Waals surface area (Å²) in [6, 6.07) is 15.1. The van der Waals surface area contributed by atoms with E-state index in [0.29, 0.717) is 24.3 Å². The molecular formula is C27H38BN3O4. The number of fused-ring (bicyclic) bond motifs is 1. The average molecular weight is 479 g/mol. The Kier molecular flexibility index (Phi) is 7.79. The molecule has 0 saturated carbocycles. The van der Waals surface area contributed by atoms with Gasteiger partial charge in [-0.1, -0.05) is 44.2 Å². The van der Waals surface area contributed by atoms with Gasteiger partial charge in [-0.15, -0.1) is 0 Å². The second kappa shape index (κ2) is 10.1. The molecule has 1 aromatic heterocycles. The van der Waals surface area contributed by atoms with Gasteiger partial charge in [-0.25, -0.2) is 0 Å². The van der Waals surface area contributed by atoms with Crippen LogP contribution >= 0.6 is 0 Å². The van der Waals surface area contributed by atoms with Gasteiger partial charge in [-0.2, -0.15) is 5.10 Å². The van der Waals surface area contributed by atoms with Crippen molar-refractivity contribution in [2.24, 2.45) is 0 Å². The summed E-state index contributed by atoms with van der Waals surface area (Å²) >= 11 is 0. The Morgan fingerprint density at radius 3 is 2.17 bits per heavy atom. The summed E-state index contributed by atoms with van der Waals surface area (Å²) in [5, 5.41) is 18.4. The minimum Gasteiger partial charge on any atom is -0.399 e. The quantitative estimate of drug-likeness (QED) is 0.498. The predicted octanol–water partition coefficient (Wildman–Crippen LogP) is 4.78. The largest absolute Gasteiger partial charge is 0.494 e. The number of aryl methyl sites for hydroxylation is 1. The molecule has 0 radical (unpaired) electrons. The van der Waals surface area contributed by atoms with Crippen LogP contribution in [0.1, 0.15) is 72.3 Å². The van der Waals surface area contributed by atoms with Crippen molar-refractivity contribution in [1.29, 1.82) is 0 Å². The van der Waals surface area contributed by atoms with Crippen LogP contribution in [0.25, 0.3) is 10.9 Å². The normalized spacial score (nSPS) is 16.7. The van der Waals surface area contributed by atoms with Crippen molar-refractivity contribution in [2.75, 3.05) is 5.32 Å². The number of carbonyl (C=O) groups is 1. The number of amides is 1. The van der Waals surface area contributed by atoms with Crippen LogP contribution in [0, 0.1) is 0 Å². The van der Waals surface area contributed by atoms with Crippen molar-refractivity contribution in [3.63, 3.8) is 0 Å². The summed E-state index contributed by atoms with van der Waals surface area (Å²) in [4.78, 5) is 13.1. The Morgan fingerprint density at radius 1 is 1.03 bits per heavy atom. The van der Waals surface area contributed by atoms with Crippen LogP contribution in [-0.2, 0) is 15.9 Å². The maximum atomic E-state index is 13.1. The molecule has 8 heteroatoms. The monoisotopic (exact) mass is 479 g/mol. The summed E-state index contributed by atoms with van der Waals surface area (Å²) in [6.45, 7) is 16.1. The molecule has 3 aromatic rings. The Hall–Kier alpha value is -2.68. The van der Waals surface area contributed by atoms with Crippen LogP contribution in [0.4, 0.5) is 5.69 Å². The third kappa shape index (κ3) is 5.94. The van der Waals surface area contributed by atoms with Crippen LogP contribution < -0.4 is 10.8 Å². The van der Waals surface area contributed by atoms with Gasteiger partial charge < -0.3 is 19.7 Å². The summed E-state index contributed by atoms with van der Waals surface area (Å²) in [5.41, 5.74) is 1.16. The first-order chi connectivity index (χ1) is 16.4. The van der Waals surface area contributed by atoms with Crippen LogP contribution in [-0.4, -0.2) is 44.7 Å². The highest BCUT2D eigenvalue weighted by atomic mass is 16.7. The highest BCUT2D eigenvalue weighted by molar-refractivity contribution is 6.62. The molecule has 1 aliphatic heterocycles. The minimum atomic E-state index is -0.811. The first kappa shape index (κ1) is 26.9. The number of para-hydroxylation sites is 1. The number of hydrogen-bond acceptors (Lipinski definition) is 5. The lowest BCUT2D eigenvalue weighted by Crippen LogP contribution is -2.41. The van der Waals surface area contributed by atoms with E-state index in [9.17, 15) is 9.90 Å². The fourth-order valence-electron chi connectivity index (χ4n) is 3.74. The third-order valence-electron chi connectivity index (χ3n) is 6.50. The number of rotatable bonds is 6. The Morgan fingerprint density at radius 2 is 1.60 bits per heavy atom. The van der Waals surface area contributed by atoms with Crippen molar-refractivity contribution < 1.29 is 19.2 Å². The molecule has 7 nitrogen and oxygen atoms in total. The Balaban J connectivity index is 0.00000167. The highest BCUT2D eigenvalue weighted by Gasteiger charge is 2.51. The number of nitrogens with one attached hydrogen (secondary N) is 1. The fourth-order valence-corrected chi connectivity index (χ4v) is 3.74. The molecular weight excluding hydrogens is 441 g/mol. The van der Waals surface area contributed by atoms with Gasteiger partial charge in [-0.3, -0.25) is 9.48 Å². The molecule has 0 unspecified atom stereocenters. The predicted molar refractivity (Wildman–Crippen MR) is 142 cm³/mol. The lowest BCUT2D eigenvalue weighted by Gasteiger charge is -2.32. The molecule has 0 bridgehead atoms. The fraction of sp³-hybridized carbons (Fsp3) is 0.481. The summed E-state index contributed by atoms with van der Waals surface area (Å²) < 4.78 is 14.0. The first-order valence-electron chi connectivity index (χ1n) is 12.3. The van der Waals surface area contributed by atoms with E-state index in [4.69, 9.17) is 9.31 Å². The number of nitrogens with zero attached hydrogens (tertiary/aromatic N) is 2. The van der Waals surface area contributed by atoms with E-state index in [1.54, 1.807) is 18.5 Å². The molecule has 0 atom stereocenters. The first-order valence-corrected chi connectivity index (χ1v) is 12.3. The van der Waals surface area contributed by atoms with Gasteiger partial charge in [0.1, 0.15) is 0 Å². The third-order valence-corrected chi connectivity index (χ3v) is 6.50. The maximum Gasteiger partial charge on any atom is 0.494 e. The zero-order valence-corrected chi connectivity index (χ0v) is 22.2.